The Bertz CT molecular complexity index is 559. The molecule has 0 aromatic heterocycles. The molecule has 0 aromatic rings. The van der Waals surface area contributed by atoms with E-state index in [1.165, 1.54) is 0 Å². The molecule has 0 saturated carbocycles. The zero-order valence-electron chi connectivity index (χ0n) is 19.2. The Kier molecular flexibility index (Phi) is 31.5. The van der Waals surface area contributed by atoms with Crippen LogP contribution < -0.4 is 5.73 Å². The van der Waals surface area contributed by atoms with E-state index in [0.29, 0.717) is 12.8 Å². The predicted octanol–water partition coefficient (Wildman–Crippen LogP) is 3.60. The summed E-state index contributed by atoms with van der Waals surface area (Å²) in [6.45, 7) is 5.80. The number of nitrogens with two attached hydrogens (primary N) is 1. The molecule has 0 radical (unpaired) electrons. The van der Waals surface area contributed by atoms with Crippen molar-refractivity contribution in [1.82, 2.24) is 0 Å². The number of carbonyl (C=O) groups is 4. The molecule has 0 aliphatic heterocycles. The maximum absolute atomic E-state index is 11.9. The molecule has 0 bridgehead atoms. The van der Waals surface area contributed by atoms with Crippen LogP contribution in [0.25, 0.3) is 0 Å². The van der Waals surface area contributed by atoms with Crippen LogP contribution >= 0.6 is 0 Å². The molecule has 9 heteroatoms. The Morgan fingerprint density at radius 2 is 1.21 bits per heavy atom. The van der Waals surface area contributed by atoms with Gasteiger partial charge in [0.15, 0.2) is 0 Å². The molecule has 7 nitrogen and oxygen atoms in total. The molecule has 33 heavy (non-hydrogen) atoms. The van der Waals surface area contributed by atoms with E-state index in [2.05, 4.69) is 13.5 Å². The molecule has 1 unspecified atom stereocenters. The molecule has 2 N–H and O–H groups in total. The zero-order valence-corrected chi connectivity index (χ0v) is 19.2. The third-order valence-corrected chi connectivity index (χ3v) is 4.93. The van der Waals surface area contributed by atoms with Crippen LogP contribution in [-0.4, -0.2) is 111 Å². The molecule has 0 aliphatic carbocycles. The van der Waals surface area contributed by atoms with Gasteiger partial charge in [-0.15, -0.1) is 6.58 Å². The van der Waals surface area contributed by atoms with Crippen LogP contribution in [0, 0.1) is 0 Å². The summed E-state index contributed by atoms with van der Waals surface area (Å²) in [7, 11) is 0. The number of carbonyl (C=O) groups excluding carboxylic acids is 4. The summed E-state index contributed by atoms with van der Waals surface area (Å²) >= 11 is 0. The summed E-state index contributed by atoms with van der Waals surface area (Å²) < 4.78 is 9.46. The van der Waals surface area contributed by atoms with Gasteiger partial charge >= 0.3 is 105 Å². The molecule has 0 rings (SSSR count). The van der Waals surface area contributed by atoms with E-state index in [-0.39, 0.29) is 107 Å². The van der Waals surface area contributed by atoms with E-state index in [1.807, 2.05) is 6.08 Å². The molecule has 0 aliphatic rings. The van der Waals surface area contributed by atoms with E-state index >= 15 is 0 Å². The predicted molar refractivity (Wildman–Crippen MR) is 134 cm³/mol. The van der Waals surface area contributed by atoms with Crippen molar-refractivity contribution in [1.29, 1.82) is 0 Å². The van der Waals surface area contributed by atoms with Crippen LogP contribution in [-0.2, 0) is 28.7 Å². The topological polar surface area (TPSA) is 113 Å². The molecule has 0 spiro atoms. The summed E-state index contributed by atoms with van der Waals surface area (Å²) in [5.41, 5.74) is 5.68. The van der Waals surface area contributed by atoms with Gasteiger partial charge in [0.25, 0.3) is 0 Å². The van der Waals surface area contributed by atoms with E-state index in [4.69, 9.17) is 15.2 Å². The van der Waals surface area contributed by atoms with E-state index < -0.39 is 29.9 Å². The number of rotatable bonds is 19. The average molecular weight is 504 g/mol. The van der Waals surface area contributed by atoms with Crippen molar-refractivity contribution in [2.75, 3.05) is 0 Å². The third kappa shape index (κ3) is 25.5. The number of unbranched alkanes of at least 4 members (excludes halogenated alkanes) is 10. The fourth-order valence-corrected chi connectivity index (χ4v) is 3.00. The van der Waals surface area contributed by atoms with Crippen molar-refractivity contribution >= 4 is 105 Å². The molecule has 0 saturated heterocycles. The van der Waals surface area contributed by atoms with E-state index in [1.54, 1.807) is 0 Å². The number of hydrogen-bond acceptors (Lipinski definition) is 7. The SMILES string of the molecule is C=CCCCCCCCCC(=O)OC(=O)C(N)CCC(=O)OC(=O)CCCCCCC.[KH].[NaH]. The normalized spacial score (nSPS) is 10.8. The fraction of sp³-hybridized carbons (Fsp3) is 0.750. The van der Waals surface area contributed by atoms with Crippen molar-refractivity contribution in [3.05, 3.63) is 12.7 Å². The van der Waals surface area contributed by atoms with Gasteiger partial charge in [0.1, 0.15) is 6.04 Å². The van der Waals surface area contributed by atoms with Crippen molar-refractivity contribution in [3.63, 3.8) is 0 Å². The molecule has 1 atom stereocenters. The first-order valence-corrected chi connectivity index (χ1v) is 11.7. The standard InChI is InChI=1S/C24H41NO6.K.Na.2H/c1-3-5-7-9-10-11-13-15-17-22(27)31-24(29)20(25)18-19-23(28)30-21(26)16-14-12-8-6-4-2;;;;/h3,20H,1,4-19,25H2,2H3;;;;. The molecule has 0 fully saturated rings. The molecule has 182 valence electrons. The van der Waals surface area contributed by atoms with Gasteiger partial charge in [0.05, 0.1) is 0 Å². The number of hydrogen-bond donors (Lipinski definition) is 1. The van der Waals surface area contributed by atoms with Crippen molar-refractivity contribution in [2.24, 2.45) is 5.73 Å². The van der Waals surface area contributed by atoms with E-state index in [0.717, 1.165) is 64.2 Å². The van der Waals surface area contributed by atoms with Crippen molar-refractivity contribution in [3.8, 4) is 0 Å². The van der Waals surface area contributed by atoms with Gasteiger partial charge in [-0.25, -0.2) is 4.79 Å². The van der Waals surface area contributed by atoms with Gasteiger partial charge in [-0.05, 0) is 32.1 Å². The minimum atomic E-state index is -1.11. The Labute approximate surface area is 264 Å². The molecule has 0 amide bonds. The first kappa shape index (κ1) is 38.2. The number of esters is 4. The van der Waals surface area contributed by atoms with Crippen LogP contribution in [0.1, 0.15) is 110 Å². The van der Waals surface area contributed by atoms with E-state index in [9.17, 15) is 19.2 Å². The first-order chi connectivity index (χ1) is 14.9. The van der Waals surface area contributed by atoms with Crippen LogP contribution in [0.2, 0.25) is 0 Å². The molecular weight excluding hydrogens is 460 g/mol. The van der Waals surface area contributed by atoms with Gasteiger partial charge < -0.3 is 15.2 Å². The van der Waals surface area contributed by atoms with Crippen molar-refractivity contribution in [2.45, 2.75) is 116 Å². The van der Waals surface area contributed by atoms with Gasteiger partial charge in [0, 0.05) is 19.3 Å². The second-order valence-corrected chi connectivity index (χ2v) is 7.90. The Morgan fingerprint density at radius 3 is 1.76 bits per heavy atom. The first-order valence-electron chi connectivity index (χ1n) is 11.7. The third-order valence-electron chi connectivity index (χ3n) is 4.93. The fourth-order valence-electron chi connectivity index (χ4n) is 3.00. The number of allylic oxidation sites excluding steroid dienone is 1. The van der Waals surface area contributed by atoms with Crippen molar-refractivity contribution < 1.29 is 28.7 Å². The Hall–Kier alpha value is 0.616. The summed E-state index contributed by atoms with van der Waals surface area (Å²) in [6.07, 6.45) is 14.0. The van der Waals surface area contributed by atoms with Crippen LogP contribution in [0.3, 0.4) is 0 Å². The summed E-state index contributed by atoms with van der Waals surface area (Å²) in [5, 5.41) is 0. The average Bonchev–Trinajstić information content (AvgIpc) is 2.73. The molecule has 0 heterocycles. The van der Waals surface area contributed by atoms with Crippen LogP contribution in [0.5, 0.6) is 0 Å². The summed E-state index contributed by atoms with van der Waals surface area (Å²) in [6, 6.07) is -1.11. The Morgan fingerprint density at radius 1 is 0.758 bits per heavy atom. The minimum absolute atomic E-state index is 0. The Balaban J connectivity index is -0.00000450. The quantitative estimate of drug-likeness (QED) is 0.0942. The summed E-state index contributed by atoms with van der Waals surface area (Å²) in [4.78, 5) is 46.9. The molecule has 0 aromatic carbocycles. The maximum atomic E-state index is 11.9. The summed E-state index contributed by atoms with van der Waals surface area (Å²) in [5.74, 6) is -2.74. The molecular formula is C24H43KNNaO6. The zero-order chi connectivity index (χ0) is 23.3. The van der Waals surface area contributed by atoms with Crippen LogP contribution in [0.15, 0.2) is 12.7 Å². The second-order valence-electron chi connectivity index (χ2n) is 7.90. The van der Waals surface area contributed by atoms with Gasteiger partial charge in [-0.2, -0.15) is 0 Å². The second kappa shape index (κ2) is 27.2. The van der Waals surface area contributed by atoms with Crippen LogP contribution in [0.4, 0.5) is 0 Å². The van der Waals surface area contributed by atoms with Gasteiger partial charge in [-0.3, -0.25) is 14.4 Å². The van der Waals surface area contributed by atoms with Gasteiger partial charge in [0.2, 0.25) is 0 Å². The number of ether oxygens (including phenoxy) is 2. The van der Waals surface area contributed by atoms with Gasteiger partial charge in [-0.1, -0.05) is 64.4 Å². The monoisotopic (exact) mass is 503 g/mol.